The fourth-order valence-corrected chi connectivity index (χ4v) is 3.85. The molecule has 7 heteroatoms. The molecule has 0 spiro atoms. The Morgan fingerprint density at radius 3 is 2.55 bits per heavy atom. The van der Waals surface area contributed by atoms with Crippen molar-refractivity contribution in [2.24, 2.45) is 0 Å². The summed E-state index contributed by atoms with van der Waals surface area (Å²) in [5.41, 5.74) is 2.08. The molecule has 110 valence electrons. The second kappa shape index (κ2) is 5.23. The number of aryl methyl sites for hydroxylation is 1. The van der Waals surface area contributed by atoms with Crippen LogP contribution in [-0.2, 0) is 10.0 Å². The lowest BCUT2D eigenvalue weighted by Gasteiger charge is -2.08. The van der Waals surface area contributed by atoms with E-state index in [1.807, 2.05) is 13.0 Å². The van der Waals surface area contributed by atoms with Gasteiger partial charge in [-0.2, -0.15) is 5.26 Å². The van der Waals surface area contributed by atoms with Crippen LogP contribution in [0.2, 0.25) is 0 Å². The molecule has 0 bridgehead atoms. The van der Waals surface area contributed by atoms with Gasteiger partial charge in [-0.05, 0) is 47.1 Å². The second-order valence-corrected chi connectivity index (χ2v) is 7.43. The molecule has 0 saturated heterocycles. The summed E-state index contributed by atoms with van der Waals surface area (Å²) in [6.07, 6.45) is 1.44. The Labute approximate surface area is 136 Å². The van der Waals surface area contributed by atoms with Gasteiger partial charge in [0.05, 0.1) is 20.4 Å². The van der Waals surface area contributed by atoms with E-state index in [0.29, 0.717) is 15.5 Å². The van der Waals surface area contributed by atoms with Crippen LogP contribution in [-0.4, -0.2) is 17.4 Å². The summed E-state index contributed by atoms with van der Waals surface area (Å²) in [5.74, 6) is 0. The maximum atomic E-state index is 12.7. The standard InChI is InChI=1S/C15H10BrN3O2S/c1-10-2-4-11(5-3-10)22(20,21)19-7-6-13-15(19)8-12(16)14(9-17)18-13/h2-8H,1H3. The first kappa shape index (κ1) is 14.8. The fourth-order valence-electron chi connectivity index (χ4n) is 2.12. The lowest BCUT2D eigenvalue weighted by molar-refractivity contribution is 0.589. The molecule has 1 aromatic carbocycles. The SMILES string of the molecule is Cc1ccc(S(=O)(=O)n2ccc3nc(C#N)c(Br)cc32)cc1. The Morgan fingerprint density at radius 1 is 1.23 bits per heavy atom. The van der Waals surface area contributed by atoms with Gasteiger partial charge >= 0.3 is 0 Å². The van der Waals surface area contributed by atoms with Crippen molar-refractivity contribution in [1.29, 1.82) is 5.26 Å². The minimum Gasteiger partial charge on any atom is -0.239 e. The first-order valence-electron chi connectivity index (χ1n) is 6.33. The highest BCUT2D eigenvalue weighted by Crippen LogP contribution is 2.25. The van der Waals surface area contributed by atoms with Gasteiger partial charge in [-0.1, -0.05) is 17.7 Å². The third-order valence-corrected chi connectivity index (χ3v) is 5.58. The number of nitrogens with zero attached hydrogens (tertiary/aromatic N) is 3. The van der Waals surface area contributed by atoms with Crippen LogP contribution < -0.4 is 0 Å². The van der Waals surface area contributed by atoms with Crippen LogP contribution in [0.5, 0.6) is 0 Å². The predicted octanol–water partition coefficient (Wildman–Crippen LogP) is 3.22. The average molecular weight is 376 g/mol. The first-order valence-corrected chi connectivity index (χ1v) is 8.57. The molecule has 0 unspecified atom stereocenters. The van der Waals surface area contributed by atoms with E-state index in [9.17, 15) is 8.42 Å². The zero-order valence-corrected chi connectivity index (χ0v) is 13.9. The number of halogens is 1. The van der Waals surface area contributed by atoms with Crippen LogP contribution in [0, 0.1) is 18.3 Å². The Morgan fingerprint density at radius 2 is 1.91 bits per heavy atom. The van der Waals surface area contributed by atoms with Gasteiger partial charge in [0.25, 0.3) is 10.0 Å². The molecular formula is C15H10BrN3O2S. The number of hydrogen-bond acceptors (Lipinski definition) is 4. The largest absolute Gasteiger partial charge is 0.268 e. The molecule has 2 heterocycles. The van der Waals surface area contributed by atoms with Gasteiger partial charge in [-0.15, -0.1) is 0 Å². The van der Waals surface area contributed by atoms with Gasteiger partial charge in [0.2, 0.25) is 0 Å². The second-order valence-electron chi connectivity index (χ2n) is 4.76. The Balaban J connectivity index is 2.24. The summed E-state index contributed by atoms with van der Waals surface area (Å²) in [4.78, 5) is 4.35. The average Bonchev–Trinajstić information content (AvgIpc) is 2.90. The van der Waals surface area contributed by atoms with Crippen molar-refractivity contribution >= 4 is 37.0 Å². The molecule has 22 heavy (non-hydrogen) atoms. The molecule has 2 aromatic heterocycles. The minimum absolute atomic E-state index is 0.205. The highest BCUT2D eigenvalue weighted by atomic mass is 79.9. The third-order valence-electron chi connectivity index (χ3n) is 3.27. The molecule has 0 atom stereocenters. The summed E-state index contributed by atoms with van der Waals surface area (Å²) in [6, 6.07) is 11.8. The van der Waals surface area contributed by atoms with Gasteiger partial charge < -0.3 is 0 Å². The normalized spacial score (nSPS) is 11.5. The molecule has 0 saturated carbocycles. The minimum atomic E-state index is -3.70. The van der Waals surface area contributed by atoms with E-state index in [2.05, 4.69) is 20.9 Å². The van der Waals surface area contributed by atoms with Crippen LogP contribution in [0.4, 0.5) is 0 Å². The maximum Gasteiger partial charge on any atom is 0.268 e. The van der Waals surface area contributed by atoms with E-state index in [-0.39, 0.29) is 10.6 Å². The number of rotatable bonds is 2. The van der Waals surface area contributed by atoms with E-state index < -0.39 is 10.0 Å². The topological polar surface area (TPSA) is 75.8 Å². The van der Waals surface area contributed by atoms with Crippen LogP contribution in [0.1, 0.15) is 11.3 Å². The monoisotopic (exact) mass is 375 g/mol. The third kappa shape index (κ3) is 2.30. The first-order chi connectivity index (χ1) is 10.4. The molecule has 3 aromatic rings. The number of nitriles is 1. The lowest BCUT2D eigenvalue weighted by atomic mass is 10.2. The van der Waals surface area contributed by atoms with Crippen LogP contribution in [0.25, 0.3) is 11.0 Å². The Bertz CT molecular complexity index is 1020. The molecule has 0 aliphatic heterocycles. The van der Waals surface area contributed by atoms with Gasteiger partial charge in [0, 0.05) is 6.20 Å². The molecule has 3 rings (SSSR count). The quantitative estimate of drug-likeness (QED) is 0.688. The zero-order valence-electron chi connectivity index (χ0n) is 11.5. The summed E-state index contributed by atoms with van der Waals surface area (Å²) in [6.45, 7) is 1.89. The summed E-state index contributed by atoms with van der Waals surface area (Å²) in [7, 11) is -3.70. The van der Waals surface area contributed by atoms with Gasteiger partial charge in [0.15, 0.2) is 5.69 Å². The predicted molar refractivity (Wildman–Crippen MR) is 85.9 cm³/mol. The molecule has 5 nitrogen and oxygen atoms in total. The van der Waals surface area contributed by atoms with Crippen molar-refractivity contribution in [3.8, 4) is 6.07 Å². The Hall–Kier alpha value is -2.17. The molecule has 0 aliphatic rings. The summed E-state index contributed by atoms with van der Waals surface area (Å²) < 4.78 is 27.1. The Kier molecular flexibility index (Phi) is 3.51. The van der Waals surface area contributed by atoms with Crippen molar-refractivity contribution < 1.29 is 8.42 Å². The van der Waals surface area contributed by atoms with E-state index in [4.69, 9.17) is 5.26 Å². The highest BCUT2D eigenvalue weighted by Gasteiger charge is 2.20. The number of benzene rings is 1. The molecular weight excluding hydrogens is 366 g/mol. The van der Waals surface area contributed by atoms with E-state index in [0.717, 1.165) is 5.56 Å². The van der Waals surface area contributed by atoms with Crippen LogP contribution >= 0.6 is 15.9 Å². The van der Waals surface area contributed by atoms with E-state index >= 15 is 0 Å². The van der Waals surface area contributed by atoms with Gasteiger partial charge in [0.1, 0.15) is 6.07 Å². The summed E-state index contributed by atoms with van der Waals surface area (Å²) >= 11 is 3.24. The van der Waals surface area contributed by atoms with E-state index in [1.165, 1.54) is 10.2 Å². The molecule has 0 N–H and O–H groups in total. The molecule has 0 fully saturated rings. The number of aromatic nitrogens is 2. The van der Waals surface area contributed by atoms with Crippen molar-refractivity contribution in [2.75, 3.05) is 0 Å². The lowest BCUT2D eigenvalue weighted by Crippen LogP contribution is -2.11. The fraction of sp³-hybridized carbons (Fsp3) is 0.0667. The van der Waals surface area contributed by atoms with Crippen LogP contribution in [0.15, 0.2) is 52.0 Å². The van der Waals surface area contributed by atoms with Gasteiger partial charge in [-0.25, -0.2) is 17.4 Å². The van der Waals surface area contributed by atoms with E-state index in [1.54, 1.807) is 36.4 Å². The van der Waals surface area contributed by atoms with Crippen LogP contribution in [0.3, 0.4) is 0 Å². The number of pyridine rings is 1. The van der Waals surface area contributed by atoms with Crippen molar-refractivity contribution in [3.05, 3.63) is 58.3 Å². The van der Waals surface area contributed by atoms with Crippen molar-refractivity contribution in [1.82, 2.24) is 8.96 Å². The zero-order chi connectivity index (χ0) is 15.9. The van der Waals surface area contributed by atoms with Crippen molar-refractivity contribution in [3.63, 3.8) is 0 Å². The number of fused-ring (bicyclic) bond motifs is 1. The van der Waals surface area contributed by atoms with Crippen molar-refractivity contribution in [2.45, 2.75) is 11.8 Å². The number of hydrogen-bond donors (Lipinski definition) is 0. The van der Waals surface area contributed by atoms with Gasteiger partial charge in [-0.3, -0.25) is 0 Å². The summed E-state index contributed by atoms with van der Waals surface area (Å²) in [5, 5.41) is 8.98. The molecule has 0 aliphatic carbocycles. The maximum absolute atomic E-state index is 12.7. The smallest absolute Gasteiger partial charge is 0.239 e. The molecule has 0 radical (unpaired) electrons. The molecule has 0 amide bonds. The highest BCUT2D eigenvalue weighted by molar-refractivity contribution is 9.10.